The van der Waals surface area contributed by atoms with Gasteiger partial charge in [0, 0.05) is 16.8 Å². The Labute approximate surface area is 152 Å². The van der Waals surface area contributed by atoms with E-state index in [9.17, 15) is 18.8 Å². The van der Waals surface area contributed by atoms with Crippen molar-refractivity contribution in [2.24, 2.45) is 0 Å². The largest absolute Gasteiger partial charge is 0.461 e. The molecule has 130 valence electrons. The number of nitrogens with zero attached hydrogens (tertiary/aromatic N) is 1. The Bertz CT molecular complexity index is 843. The molecule has 0 aliphatic heterocycles. The molecule has 4 nitrogen and oxygen atoms in total. The first-order valence-electron chi connectivity index (χ1n) is 7.07. The van der Waals surface area contributed by atoms with E-state index in [4.69, 9.17) is 16.0 Å². The number of aryl methyl sites for hydroxylation is 1. The number of carbonyl (C=O) groups is 1. The van der Waals surface area contributed by atoms with Crippen molar-refractivity contribution in [2.45, 2.75) is 18.4 Å². The molecule has 0 unspecified atom stereocenters. The lowest BCUT2D eigenvalue weighted by atomic mass is 10.1. The van der Waals surface area contributed by atoms with Crippen LogP contribution in [0, 0.1) is 18.3 Å². The van der Waals surface area contributed by atoms with Gasteiger partial charge in [-0.25, -0.2) is 0 Å². The minimum atomic E-state index is -2.49. The quantitative estimate of drug-likeness (QED) is 0.547. The van der Waals surface area contributed by atoms with Crippen LogP contribution < -0.4 is 5.32 Å². The third-order valence-electron chi connectivity index (χ3n) is 3.13. The molecule has 0 fully saturated rings. The van der Waals surface area contributed by atoms with Gasteiger partial charge in [-0.2, -0.15) is 14.0 Å². The first-order valence-corrected chi connectivity index (χ1v) is 8.49. The summed E-state index contributed by atoms with van der Waals surface area (Å²) in [6.45, 7) is 1.79. The fraction of sp³-hybridized carbons (Fsp3) is 0.176. The molecule has 0 bridgehead atoms. The second kappa shape index (κ2) is 8.70. The number of thioether (sulfide) groups is 1. The molecule has 0 saturated carbocycles. The van der Waals surface area contributed by atoms with Crippen LogP contribution in [0.15, 0.2) is 40.3 Å². The second-order valence-corrected chi connectivity index (χ2v) is 6.37. The number of nitriles is 1. The van der Waals surface area contributed by atoms with E-state index in [1.807, 2.05) is 0 Å². The van der Waals surface area contributed by atoms with Crippen molar-refractivity contribution in [3.8, 4) is 6.07 Å². The minimum absolute atomic E-state index is 0.00129. The van der Waals surface area contributed by atoms with Gasteiger partial charge in [-0.15, -0.1) is 0 Å². The summed E-state index contributed by atoms with van der Waals surface area (Å²) in [6, 6.07) is 9.84. The van der Waals surface area contributed by atoms with Crippen LogP contribution in [0.2, 0.25) is 5.02 Å². The number of benzene rings is 1. The van der Waals surface area contributed by atoms with Gasteiger partial charge in [0.05, 0.1) is 5.75 Å². The van der Waals surface area contributed by atoms with Crippen molar-refractivity contribution in [2.75, 3.05) is 5.32 Å². The molecule has 1 heterocycles. The molecule has 0 radical (unpaired) electrons. The highest BCUT2D eigenvalue weighted by molar-refractivity contribution is 7.98. The summed E-state index contributed by atoms with van der Waals surface area (Å²) in [4.78, 5) is 12.2. The number of halogens is 3. The van der Waals surface area contributed by atoms with E-state index >= 15 is 0 Å². The average Bonchev–Trinajstić information content (AvgIpc) is 3.01. The van der Waals surface area contributed by atoms with E-state index in [0.717, 1.165) is 5.56 Å². The molecule has 25 heavy (non-hydrogen) atoms. The van der Waals surface area contributed by atoms with Crippen molar-refractivity contribution >= 4 is 41.0 Å². The number of hydrogen-bond donors (Lipinski definition) is 1. The van der Waals surface area contributed by atoms with Crippen molar-refractivity contribution in [3.05, 3.63) is 58.0 Å². The Morgan fingerprint density at radius 3 is 2.88 bits per heavy atom. The monoisotopic (exact) mass is 382 g/mol. The first kappa shape index (κ1) is 19.0. The normalized spacial score (nSPS) is 11.4. The van der Waals surface area contributed by atoms with Crippen LogP contribution >= 0.6 is 23.4 Å². The lowest BCUT2D eigenvalue weighted by Crippen LogP contribution is -2.14. The van der Waals surface area contributed by atoms with Crippen LogP contribution in [0.4, 0.5) is 14.5 Å². The summed E-state index contributed by atoms with van der Waals surface area (Å²) in [7, 11) is 0. The van der Waals surface area contributed by atoms with Crippen LogP contribution in [0.1, 0.15) is 17.1 Å². The lowest BCUT2D eigenvalue weighted by molar-refractivity contribution is -0.112. The standard InChI is InChI=1S/C17H13ClF2N2O2S/c1-10-2-3-12(18)7-15(10)22-16(23)11(8-21)6-13-4-5-14(24-13)9-25-17(19)20/h2-7,17H,9H2,1H3,(H,22,23)/b11-6+. The summed E-state index contributed by atoms with van der Waals surface area (Å²) in [6.07, 6.45) is 1.26. The van der Waals surface area contributed by atoms with Crippen LogP contribution in [-0.2, 0) is 10.5 Å². The zero-order valence-electron chi connectivity index (χ0n) is 13.1. The summed E-state index contributed by atoms with van der Waals surface area (Å²) < 4.78 is 29.7. The van der Waals surface area contributed by atoms with E-state index in [1.165, 1.54) is 18.2 Å². The predicted molar refractivity (Wildman–Crippen MR) is 94.4 cm³/mol. The van der Waals surface area contributed by atoms with Crippen LogP contribution in [0.3, 0.4) is 0 Å². The van der Waals surface area contributed by atoms with Gasteiger partial charge in [0.25, 0.3) is 11.7 Å². The summed E-state index contributed by atoms with van der Waals surface area (Å²) in [5, 5.41) is 12.3. The molecule has 8 heteroatoms. The lowest BCUT2D eigenvalue weighted by Gasteiger charge is -2.08. The molecule has 0 atom stereocenters. The number of furan rings is 1. The molecule has 1 aromatic carbocycles. The van der Waals surface area contributed by atoms with Crippen LogP contribution in [0.5, 0.6) is 0 Å². The maximum Gasteiger partial charge on any atom is 0.284 e. The molecular weight excluding hydrogens is 370 g/mol. The zero-order chi connectivity index (χ0) is 18.4. The second-order valence-electron chi connectivity index (χ2n) is 4.96. The Hall–Kier alpha value is -2.30. The predicted octanol–water partition coefficient (Wildman–Crippen LogP) is 5.24. The number of anilines is 1. The van der Waals surface area contributed by atoms with E-state index in [-0.39, 0.29) is 17.1 Å². The molecule has 0 aliphatic rings. The highest BCUT2D eigenvalue weighted by atomic mass is 35.5. The SMILES string of the molecule is Cc1ccc(Cl)cc1NC(=O)/C(C#N)=C/c1ccc(CSC(F)F)o1. The molecule has 0 spiro atoms. The van der Waals surface area contributed by atoms with Gasteiger partial charge >= 0.3 is 0 Å². The molecule has 2 rings (SSSR count). The molecule has 1 aromatic heterocycles. The Kier molecular flexibility index (Phi) is 6.62. The first-order chi connectivity index (χ1) is 11.9. The molecule has 2 aromatic rings. The van der Waals surface area contributed by atoms with Gasteiger partial charge in [-0.1, -0.05) is 29.4 Å². The number of rotatable bonds is 6. The highest BCUT2D eigenvalue weighted by Gasteiger charge is 2.13. The Balaban J connectivity index is 2.13. The number of hydrogen-bond acceptors (Lipinski definition) is 4. The third kappa shape index (κ3) is 5.62. The maximum atomic E-state index is 12.2. The van der Waals surface area contributed by atoms with Gasteiger partial charge in [0.1, 0.15) is 23.2 Å². The van der Waals surface area contributed by atoms with E-state index < -0.39 is 11.7 Å². The van der Waals surface area contributed by atoms with Gasteiger partial charge in [0.15, 0.2) is 0 Å². The molecule has 1 N–H and O–H groups in total. The van der Waals surface area contributed by atoms with Crippen molar-refractivity contribution < 1.29 is 18.0 Å². The number of nitrogens with one attached hydrogen (secondary N) is 1. The fourth-order valence-corrected chi connectivity index (χ4v) is 2.52. The summed E-state index contributed by atoms with van der Waals surface area (Å²) in [5.41, 5.74) is 1.10. The van der Waals surface area contributed by atoms with Gasteiger partial charge < -0.3 is 9.73 Å². The topological polar surface area (TPSA) is 66.0 Å². The average molecular weight is 383 g/mol. The number of alkyl halides is 2. The number of carbonyl (C=O) groups excluding carboxylic acids is 1. The maximum absolute atomic E-state index is 12.2. The van der Waals surface area contributed by atoms with Gasteiger partial charge in [-0.3, -0.25) is 4.79 Å². The van der Waals surface area contributed by atoms with Crippen LogP contribution in [0.25, 0.3) is 6.08 Å². The zero-order valence-corrected chi connectivity index (χ0v) is 14.6. The summed E-state index contributed by atoms with van der Waals surface area (Å²) in [5.74, 6) is -2.54. The molecule has 1 amide bonds. The Morgan fingerprint density at radius 2 is 2.20 bits per heavy atom. The van der Waals surface area contributed by atoms with Crippen LogP contribution in [-0.4, -0.2) is 11.7 Å². The molecule has 0 saturated heterocycles. The smallest absolute Gasteiger partial charge is 0.284 e. The van der Waals surface area contributed by atoms with E-state index in [2.05, 4.69) is 5.32 Å². The molecule has 0 aliphatic carbocycles. The van der Waals surface area contributed by atoms with E-state index in [1.54, 1.807) is 31.2 Å². The van der Waals surface area contributed by atoms with Crippen molar-refractivity contribution in [1.82, 2.24) is 0 Å². The van der Waals surface area contributed by atoms with Gasteiger partial charge in [-0.05, 0) is 36.8 Å². The van der Waals surface area contributed by atoms with Crippen molar-refractivity contribution in [1.29, 1.82) is 5.26 Å². The summed E-state index contributed by atoms with van der Waals surface area (Å²) >= 11 is 6.33. The highest BCUT2D eigenvalue weighted by Crippen LogP contribution is 2.23. The minimum Gasteiger partial charge on any atom is -0.461 e. The molecular formula is C17H13ClF2N2O2S. The fourth-order valence-electron chi connectivity index (χ4n) is 1.90. The van der Waals surface area contributed by atoms with E-state index in [0.29, 0.717) is 28.2 Å². The van der Waals surface area contributed by atoms with Gasteiger partial charge in [0.2, 0.25) is 0 Å². The Morgan fingerprint density at radius 1 is 1.44 bits per heavy atom. The van der Waals surface area contributed by atoms with Crippen molar-refractivity contribution in [3.63, 3.8) is 0 Å². The number of amides is 1. The third-order valence-corrected chi connectivity index (χ3v) is 4.07.